The van der Waals surface area contributed by atoms with Gasteiger partial charge in [0.25, 0.3) is 0 Å². The first-order chi connectivity index (χ1) is 6.84. The number of aryl methyl sites for hydroxylation is 1. The molecule has 2 heterocycles. The van der Waals surface area contributed by atoms with E-state index in [0.29, 0.717) is 0 Å². The van der Waals surface area contributed by atoms with Crippen molar-refractivity contribution < 1.29 is 4.21 Å². The molecular weight excluding hydrogens is 194 g/mol. The third-order valence-corrected chi connectivity index (χ3v) is 3.17. The van der Waals surface area contributed by atoms with Gasteiger partial charge in [0, 0.05) is 29.8 Å². The van der Waals surface area contributed by atoms with Crippen molar-refractivity contribution in [3.8, 4) is 0 Å². The highest BCUT2D eigenvalue weighted by molar-refractivity contribution is 7.91. The standard InChI is InChI=1S/C11H13NOS/c13-14-9-5-11(10-14)4-3-8-12-6-1-2-7-12/h1-2,5-7,9-10H,3-4,8H2. The molecule has 1 atom stereocenters. The Morgan fingerprint density at radius 1 is 1.29 bits per heavy atom. The quantitative estimate of drug-likeness (QED) is 0.743. The zero-order chi connectivity index (χ0) is 9.80. The summed E-state index contributed by atoms with van der Waals surface area (Å²) in [5.41, 5.74) is 1.20. The Kier molecular flexibility index (Phi) is 2.99. The van der Waals surface area contributed by atoms with Gasteiger partial charge in [-0.1, -0.05) is 0 Å². The monoisotopic (exact) mass is 207 g/mol. The van der Waals surface area contributed by atoms with Gasteiger partial charge in [-0.3, -0.25) is 4.21 Å². The minimum absolute atomic E-state index is 0.842. The third kappa shape index (κ3) is 2.45. The normalized spacial score (nSPS) is 20.0. The first-order valence-corrected chi connectivity index (χ1v) is 6.01. The lowest BCUT2D eigenvalue weighted by Gasteiger charge is -2.01. The summed E-state index contributed by atoms with van der Waals surface area (Å²) in [5, 5.41) is 3.57. The summed E-state index contributed by atoms with van der Waals surface area (Å²) in [4.78, 5) is 0. The van der Waals surface area contributed by atoms with E-state index in [1.54, 1.807) is 5.41 Å². The van der Waals surface area contributed by atoms with Crippen molar-refractivity contribution in [2.45, 2.75) is 19.4 Å². The van der Waals surface area contributed by atoms with E-state index in [1.807, 2.05) is 23.6 Å². The van der Waals surface area contributed by atoms with Crippen LogP contribution < -0.4 is 0 Å². The molecule has 0 N–H and O–H groups in total. The summed E-state index contributed by atoms with van der Waals surface area (Å²) in [6.45, 7) is 1.03. The molecule has 1 aromatic heterocycles. The highest BCUT2D eigenvalue weighted by Crippen LogP contribution is 2.15. The van der Waals surface area contributed by atoms with Gasteiger partial charge in [0.15, 0.2) is 0 Å². The van der Waals surface area contributed by atoms with Gasteiger partial charge in [-0.25, -0.2) is 0 Å². The van der Waals surface area contributed by atoms with Crippen molar-refractivity contribution in [2.75, 3.05) is 0 Å². The van der Waals surface area contributed by atoms with Gasteiger partial charge in [0.1, 0.15) is 0 Å². The van der Waals surface area contributed by atoms with Crippen LogP contribution in [0.5, 0.6) is 0 Å². The van der Waals surface area contributed by atoms with Gasteiger partial charge in [-0.15, -0.1) is 0 Å². The fourth-order valence-corrected chi connectivity index (χ4v) is 2.39. The highest BCUT2D eigenvalue weighted by Gasteiger charge is 2.02. The van der Waals surface area contributed by atoms with Crippen LogP contribution in [0, 0.1) is 0 Å². The van der Waals surface area contributed by atoms with Gasteiger partial charge < -0.3 is 4.57 Å². The molecule has 1 unspecified atom stereocenters. The summed E-state index contributed by atoms with van der Waals surface area (Å²) >= 11 is 0. The Morgan fingerprint density at radius 3 is 2.71 bits per heavy atom. The fraction of sp³-hybridized carbons (Fsp3) is 0.273. The fourth-order valence-electron chi connectivity index (χ4n) is 1.51. The van der Waals surface area contributed by atoms with Crippen LogP contribution in [0.2, 0.25) is 0 Å². The van der Waals surface area contributed by atoms with Crippen LogP contribution in [-0.4, -0.2) is 8.78 Å². The number of hydrogen-bond donors (Lipinski definition) is 0. The third-order valence-electron chi connectivity index (χ3n) is 2.23. The van der Waals surface area contributed by atoms with Gasteiger partial charge in [0.2, 0.25) is 0 Å². The topological polar surface area (TPSA) is 22.0 Å². The Morgan fingerprint density at radius 2 is 2.07 bits per heavy atom. The minimum atomic E-state index is -0.842. The predicted molar refractivity (Wildman–Crippen MR) is 59.0 cm³/mol. The second-order valence-corrected chi connectivity index (χ2v) is 4.51. The summed E-state index contributed by atoms with van der Waals surface area (Å²) < 4.78 is 13.2. The lowest BCUT2D eigenvalue weighted by Crippen LogP contribution is -1.93. The lowest BCUT2D eigenvalue weighted by atomic mass is 10.1. The van der Waals surface area contributed by atoms with E-state index in [0.717, 1.165) is 19.4 Å². The molecule has 74 valence electrons. The molecule has 0 aliphatic carbocycles. The first kappa shape index (κ1) is 9.46. The Bertz CT molecular complexity index is 376. The van der Waals surface area contributed by atoms with Crippen molar-refractivity contribution in [1.29, 1.82) is 0 Å². The number of allylic oxidation sites excluding steroid dienone is 2. The maximum Gasteiger partial charge on any atom is 0.0705 e. The number of hydrogen-bond acceptors (Lipinski definition) is 1. The molecule has 1 aromatic rings. The summed E-state index contributed by atoms with van der Waals surface area (Å²) in [5.74, 6) is 0. The van der Waals surface area contributed by atoms with Gasteiger partial charge in [-0.05, 0) is 36.6 Å². The second kappa shape index (κ2) is 4.42. The van der Waals surface area contributed by atoms with Crippen LogP contribution in [0.3, 0.4) is 0 Å². The van der Waals surface area contributed by atoms with Crippen molar-refractivity contribution in [3.63, 3.8) is 0 Å². The van der Waals surface area contributed by atoms with E-state index in [-0.39, 0.29) is 0 Å². The van der Waals surface area contributed by atoms with Crippen LogP contribution in [0.4, 0.5) is 0 Å². The van der Waals surface area contributed by atoms with Gasteiger partial charge in [-0.2, -0.15) is 0 Å². The van der Waals surface area contributed by atoms with Gasteiger partial charge in [0.05, 0.1) is 10.8 Å². The maximum atomic E-state index is 11.0. The van der Waals surface area contributed by atoms with Gasteiger partial charge >= 0.3 is 0 Å². The predicted octanol–water partition coefficient (Wildman–Crippen LogP) is 2.43. The van der Waals surface area contributed by atoms with E-state index in [4.69, 9.17) is 0 Å². The van der Waals surface area contributed by atoms with Crippen molar-refractivity contribution >= 4 is 10.8 Å². The molecule has 2 nitrogen and oxygen atoms in total. The molecule has 2 rings (SSSR count). The smallest absolute Gasteiger partial charge is 0.0705 e. The zero-order valence-electron chi connectivity index (χ0n) is 7.93. The Labute approximate surface area is 86.4 Å². The van der Waals surface area contributed by atoms with E-state index in [9.17, 15) is 4.21 Å². The van der Waals surface area contributed by atoms with Crippen molar-refractivity contribution in [3.05, 3.63) is 47.0 Å². The van der Waals surface area contributed by atoms with E-state index >= 15 is 0 Å². The molecule has 0 aromatic carbocycles. The summed E-state index contributed by atoms with van der Waals surface area (Å²) in [7, 11) is -0.842. The van der Waals surface area contributed by atoms with Crippen molar-refractivity contribution in [2.24, 2.45) is 0 Å². The number of nitrogens with zero attached hydrogens (tertiary/aromatic N) is 1. The number of rotatable bonds is 4. The van der Waals surface area contributed by atoms with Crippen LogP contribution in [-0.2, 0) is 17.3 Å². The van der Waals surface area contributed by atoms with Crippen LogP contribution in [0.25, 0.3) is 0 Å². The molecular formula is C11H13NOS. The van der Waals surface area contributed by atoms with Crippen molar-refractivity contribution in [1.82, 2.24) is 4.57 Å². The molecule has 0 radical (unpaired) electrons. The lowest BCUT2D eigenvalue weighted by molar-refractivity contribution is 0.647. The minimum Gasteiger partial charge on any atom is -0.354 e. The molecule has 0 bridgehead atoms. The largest absolute Gasteiger partial charge is 0.354 e. The molecule has 0 saturated heterocycles. The van der Waals surface area contributed by atoms with E-state index in [2.05, 4.69) is 17.0 Å². The molecule has 3 heteroatoms. The van der Waals surface area contributed by atoms with Crippen LogP contribution >= 0.6 is 0 Å². The molecule has 14 heavy (non-hydrogen) atoms. The first-order valence-electron chi connectivity index (χ1n) is 4.73. The average Bonchev–Trinajstić information content (AvgIpc) is 2.77. The summed E-state index contributed by atoms with van der Waals surface area (Å²) in [6.07, 6.45) is 8.21. The molecule has 1 aliphatic rings. The molecule has 0 saturated carbocycles. The average molecular weight is 207 g/mol. The Hall–Kier alpha value is -1.09. The number of aromatic nitrogens is 1. The zero-order valence-corrected chi connectivity index (χ0v) is 8.74. The second-order valence-electron chi connectivity index (χ2n) is 3.35. The van der Waals surface area contributed by atoms with Crippen LogP contribution in [0.15, 0.2) is 47.0 Å². The van der Waals surface area contributed by atoms with Crippen LogP contribution in [0.1, 0.15) is 12.8 Å². The highest BCUT2D eigenvalue weighted by atomic mass is 32.2. The molecule has 0 fully saturated rings. The van der Waals surface area contributed by atoms with E-state index in [1.165, 1.54) is 5.57 Å². The summed E-state index contributed by atoms with van der Waals surface area (Å²) in [6, 6.07) is 4.06. The molecule has 1 aliphatic heterocycles. The van der Waals surface area contributed by atoms with E-state index < -0.39 is 10.8 Å². The maximum absolute atomic E-state index is 11.0. The SMILES string of the molecule is O=S1C=CC(CCCn2cccc2)=C1. The Balaban J connectivity index is 1.76. The molecule has 0 amide bonds. The molecule has 0 spiro atoms.